The van der Waals surface area contributed by atoms with Crippen LogP contribution in [0.25, 0.3) is 0 Å². The average Bonchev–Trinajstić information content (AvgIpc) is 3.44. The van der Waals surface area contributed by atoms with Crippen LogP contribution in [0.4, 0.5) is 9.59 Å². The van der Waals surface area contributed by atoms with E-state index in [1.165, 1.54) is 10.5 Å². The van der Waals surface area contributed by atoms with E-state index in [0.29, 0.717) is 49.5 Å². The van der Waals surface area contributed by atoms with E-state index in [4.69, 9.17) is 9.47 Å². The number of hydrogen-bond donors (Lipinski definition) is 2. The number of carbonyl (C=O) groups excluding carboxylic acids is 4. The number of ether oxygens (including phenoxy) is 2. The Balaban J connectivity index is 1.00. The Bertz CT molecular complexity index is 1820. The van der Waals surface area contributed by atoms with Gasteiger partial charge in [0.05, 0.1) is 17.6 Å². The number of imide groups is 2. The summed E-state index contributed by atoms with van der Waals surface area (Å²) in [6.07, 6.45) is 6.06. The molecule has 5 rings (SSSR count). The van der Waals surface area contributed by atoms with Crippen molar-refractivity contribution in [2.24, 2.45) is 0 Å². The molecule has 0 bridgehead atoms. The summed E-state index contributed by atoms with van der Waals surface area (Å²) in [6.45, 7) is 4.56. The molecule has 13 heteroatoms. The molecular formula is C40H44N4O7S2. The van der Waals surface area contributed by atoms with Crippen molar-refractivity contribution in [1.82, 2.24) is 20.2 Å². The number of benzene rings is 2. The van der Waals surface area contributed by atoms with Crippen molar-refractivity contribution in [2.45, 2.75) is 63.7 Å². The number of aryl methyl sites for hydroxylation is 2. The average molecular weight is 757 g/mol. The molecule has 0 radical (unpaired) electrons. The van der Waals surface area contributed by atoms with Crippen LogP contribution in [0.1, 0.15) is 60.0 Å². The van der Waals surface area contributed by atoms with Crippen molar-refractivity contribution < 1.29 is 33.8 Å². The minimum absolute atomic E-state index is 0.00409. The summed E-state index contributed by atoms with van der Waals surface area (Å²) in [7, 11) is 0. The largest absolute Gasteiger partial charge is 0.493 e. The van der Waals surface area contributed by atoms with Crippen molar-refractivity contribution in [3.05, 3.63) is 119 Å². The normalized spacial score (nSPS) is 14.6. The van der Waals surface area contributed by atoms with Gasteiger partial charge in [-0.05, 0) is 84.3 Å². The molecule has 1 aliphatic rings. The van der Waals surface area contributed by atoms with Crippen LogP contribution in [-0.2, 0) is 41.7 Å². The van der Waals surface area contributed by atoms with Crippen molar-refractivity contribution >= 4 is 45.8 Å². The number of carbonyl (C=O) groups is 4. The van der Waals surface area contributed by atoms with Gasteiger partial charge in [-0.25, -0.2) is 0 Å². The van der Waals surface area contributed by atoms with Gasteiger partial charge in [-0.15, -0.1) is 0 Å². The predicted octanol–water partition coefficient (Wildman–Crippen LogP) is 6.54. The number of nitrogens with zero attached hydrogens (tertiary/aromatic N) is 3. The second-order valence-corrected chi connectivity index (χ2v) is 14.6. The first-order valence-electron chi connectivity index (χ1n) is 17.7. The van der Waals surface area contributed by atoms with Crippen molar-refractivity contribution in [3.63, 3.8) is 0 Å². The van der Waals surface area contributed by atoms with Crippen molar-refractivity contribution in [1.29, 1.82) is 0 Å². The molecule has 1 aliphatic heterocycles. The molecule has 3 heterocycles. The summed E-state index contributed by atoms with van der Waals surface area (Å²) < 4.78 is 11.6. The molecule has 4 amide bonds. The fourth-order valence-electron chi connectivity index (χ4n) is 5.39. The van der Waals surface area contributed by atoms with Crippen molar-refractivity contribution in [3.8, 4) is 11.5 Å². The molecule has 0 aliphatic carbocycles. The van der Waals surface area contributed by atoms with Crippen LogP contribution in [-0.4, -0.2) is 73.0 Å². The molecule has 2 aromatic carbocycles. The Kier molecular flexibility index (Phi) is 14.8. The van der Waals surface area contributed by atoms with Crippen LogP contribution in [0.15, 0.2) is 85.2 Å². The Morgan fingerprint density at radius 2 is 1.53 bits per heavy atom. The molecule has 1 saturated heterocycles. The van der Waals surface area contributed by atoms with E-state index in [0.717, 1.165) is 58.1 Å². The SMILES string of the molecule is CCC(=O)NC(=O)SCCc1ccc(OCC(O)c2ccc(CCN3C(=O)SC(Cc4ccc(OCCc5ccc(CC)cn5)cc4)C3=O)cn2)cc1. The maximum absolute atomic E-state index is 13.2. The highest BCUT2D eigenvalue weighted by atomic mass is 32.2. The number of amides is 4. The Morgan fingerprint density at radius 3 is 2.19 bits per heavy atom. The molecule has 278 valence electrons. The summed E-state index contributed by atoms with van der Waals surface area (Å²) in [5, 5.41) is 11.9. The molecule has 1 fully saturated rings. The second-order valence-electron chi connectivity index (χ2n) is 12.4. The fraction of sp³-hybridized carbons (Fsp3) is 0.350. The minimum Gasteiger partial charge on any atom is -0.493 e. The van der Waals surface area contributed by atoms with Gasteiger partial charge in [-0.3, -0.25) is 39.4 Å². The number of aliphatic hydroxyl groups is 1. The topological polar surface area (TPSA) is 148 Å². The third-order valence-corrected chi connectivity index (χ3v) is 10.4. The maximum Gasteiger partial charge on any atom is 0.289 e. The quantitative estimate of drug-likeness (QED) is 0.114. The number of nitrogens with one attached hydrogen (secondary N) is 1. The number of rotatable bonds is 18. The number of aromatic nitrogens is 2. The molecule has 2 N–H and O–H groups in total. The zero-order chi connectivity index (χ0) is 37.6. The van der Waals surface area contributed by atoms with E-state index in [9.17, 15) is 24.3 Å². The molecule has 2 unspecified atom stereocenters. The van der Waals surface area contributed by atoms with Gasteiger partial charge in [0, 0.05) is 43.2 Å². The van der Waals surface area contributed by atoms with Gasteiger partial charge < -0.3 is 14.6 Å². The number of pyridine rings is 2. The molecule has 53 heavy (non-hydrogen) atoms. The maximum atomic E-state index is 13.2. The molecule has 0 spiro atoms. The molecule has 11 nitrogen and oxygen atoms in total. The molecule has 0 saturated carbocycles. The van der Waals surface area contributed by atoms with Gasteiger partial charge in [-0.1, -0.05) is 73.8 Å². The zero-order valence-corrected chi connectivity index (χ0v) is 31.5. The lowest BCUT2D eigenvalue weighted by molar-refractivity contribution is -0.126. The Morgan fingerprint density at radius 1 is 0.849 bits per heavy atom. The second kappa shape index (κ2) is 19.9. The van der Waals surface area contributed by atoms with E-state index in [-0.39, 0.29) is 41.9 Å². The van der Waals surface area contributed by atoms with Gasteiger partial charge in [0.25, 0.3) is 10.5 Å². The van der Waals surface area contributed by atoms with E-state index in [2.05, 4.69) is 28.3 Å². The lowest BCUT2D eigenvalue weighted by Crippen LogP contribution is -2.33. The molecular weight excluding hydrogens is 713 g/mol. The zero-order valence-electron chi connectivity index (χ0n) is 29.9. The first-order valence-corrected chi connectivity index (χ1v) is 19.6. The van der Waals surface area contributed by atoms with Crippen LogP contribution in [0, 0.1) is 0 Å². The van der Waals surface area contributed by atoms with Crippen LogP contribution in [0.5, 0.6) is 11.5 Å². The van der Waals surface area contributed by atoms with E-state index >= 15 is 0 Å². The summed E-state index contributed by atoms with van der Waals surface area (Å²) in [5.74, 6) is 1.38. The van der Waals surface area contributed by atoms with Crippen LogP contribution in [0.2, 0.25) is 0 Å². The molecule has 4 aromatic rings. The lowest BCUT2D eigenvalue weighted by atomic mass is 10.1. The van der Waals surface area contributed by atoms with Crippen LogP contribution in [0.3, 0.4) is 0 Å². The lowest BCUT2D eigenvalue weighted by Gasteiger charge is -2.15. The van der Waals surface area contributed by atoms with Gasteiger partial charge in [0.15, 0.2) is 0 Å². The van der Waals surface area contributed by atoms with E-state index in [1.807, 2.05) is 54.7 Å². The third-order valence-electron chi connectivity index (χ3n) is 8.60. The van der Waals surface area contributed by atoms with Gasteiger partial charge in [0.2, 0.25) is 11.8 Å². The van der Waals surface area contributed by atoms with Gasteiger partial charge in [-0.2, -0.15) is 0 Å². The number of hydrogen-bond acceptors (Lipinski definition) is 11. The fourth-order valence-corrected chi connectivity index (χ4v) is 7.15. The highest BCUT2D eigenvalue weighted by Crippen LogP contribution is 2.30. The van der Waals surface area contributed by atoms with E-state index < -0.39 is 11.4 Å². The van der Waals surface area contributed by atoms with Gasteiger partial charge in [0.1, 0.15) is 24.2 Å². The standard InChI is InChI=1S/C40H44N4O7S2/c1-3-27-5-11-31(41-24-27)18-21-50-32-14-8-29(9-15-32)23-36-38(47)44(40(49)53-36)20-17-30-10-16-34(42-25-30)35(45)26-51-33-12-6-28(7-13-33)19-22-52-39(48)43-37(46)4-2/h5-16,24-25,35-36,45H,3-4,17-23,26H2,1-2H3,(H,43,46,48). The third kappa shape index (κ3) is 12.2. The van der Waals surface area contributed by atoms with Crippen molar-refractivity contribution in [2.75, 3.05) is 25.5 Å². The first-order chi connectivity index (χ1) is 25.7. The summed E-state index contributed by atoms with van der Waals surface area (Å²) in [4.78, 5) is 59.1. The Hall–Kier alpha value is -4.72. The number of aliphatic hydroxyl groups excluding tert-OH is 1. The van der Waals surface area contributed by atoms with Crippen LogP contribution < -0.4 is 14.8 Å². The number of thioether (sulfide) groups is 2. The summed E-state index contributed by atoms with van der Waals surface area (Å²) in [5.41, 5.74) is 5.44. The minimum atomic E-state index is -0.954. The predicted molar refractivity (Wildman–Crippen MR) is 206 cm³/mol. The van der Waals surface area contributed by atoms with E-state index in [1.54, 1.807) is 31.3 Å². The highest BCUT2D eigenvalue weighted by Gasteiger charge is 2.39. The van der Waals surface area contributed by atoms with Crippen LogP contribution >= 0.6 is 23.5 Å². The monoisotopic (exact) mass is 756 g/mol. The Labute approximate surface area is 318 Å². The molecule has 2 aromatic heterocycles. The summed E-state index contributed by atoms with van der Waals surface area (Å²) in [6, 6.07) is 22.7. The highest BCUT2D eigenvalue weighted by molar-refractivity contribution is 8.15. The summed E-state index contributed by atoms with van der Waals surface area (Å²) >= 11 is 2.12. The van der Waals surface area contributed by atoms with Gasteiger partial charge >= 0.3 is 0 Å². The first kappa shape index (κ1) is 39.5. The smallest absolute Gasteiger partial charge is 0.289 e. The molecule has 2 atom stereocenters.